The van der Waals surface area contributed by atoms with Crippen molar-refractivity contribution in [3.63, 3.8) is 0 Å². The molecule has 0 saturated heterocycles. The Morgan fingerprint density at radius 3 is 2.42 bits per heavy atom. The Kier molecular flexibility index (Phi) is 5.61. The molecule has 24 heavy (non-hydrogen) atoms. The fourth-order valence-corrected chi connectivity index (χ4v) is 2.11. The van der Waals surface area contributed by atoms with Crippen LogP contribution in [0.2, 0.25) is 0 Å². The molecule has 5 nitrogen and oxygen atoms in total. The summed E-state index contributed by atoms with van der Waals surface area (Å²) >= 11 is 0. The van der Waals surface area contributed by atoms with Gasteiger partial charge in [-0.25, -0.2) is 9.97 Å². The van der Waals surface area contributed by atoms with Gasteiger partial charge in [0.2, 0.25) is 0 Å². The maximum Gasteiger partial charge on any atom is 0.418 e. The van der Waals surface area contributed by atoms with Crippen molar-refractivity contribution in [2.45, 2.75) is 13.1 Å². The summed E-state index contributed by atoms with van der Waals surface area (Å²) in [6.07, 6.45) is -4.43. The Morgan fingerprint density at radius 2 is 1.75 bits per heavy atom. The van der Waals surface area contributed by atoms with Gasteiger partial charge >= 0.3 is 6.18 Å². The summed E-state index contributed by atoms with van der Waals surface area (Å²) in [5.41, 5.74) is -0.772. The summed E-state index contributed by atoms with van der Waals surface area (Å²) in [7, 11) is 3.90. The van der Waals surface area contributed by atoms with Crippen LogP contribution in [-0.2, 0) is 6.18 Å². The third-order valence-electron chi connectivity index (χ3n) is 3.20. The van der Waals surface area contributed by atoms with Gasteiger partial charge in [-0.15, -0.1) is 0 Å². The molecule has 1 heterocycles. The highest BCUT2D eigenvalue weighted by Gasteiger charge is 2.33. The number of nitrogens with zero attached hydrogens (tertiary/aromatic N) is 3. The average molecular weight is 339 g/mol. The van der Waals surface area contributed by atoms with Crippen molar-refractivity contribution < 1.29 is 13.2 Å². The number of benzene rings is 1. The Hall–Kier alpha value is -2.35. The van der Waals surface area contributed by atoms with E-state index in [1.807, 2.05) is 19.0 Å². The van der Waals surface area contributed by atoms with Crippen molar-refractivity contribution in [1.82, 2.24) is 14.9 Å². The van der Waals surface area contributed by atoms with Crippen LogP contribution in [0.25, 0.3) is 0 Å². The highest BCUT2D eigenvalue weighted by molar-refractivity contribution is 5.63. The van der Waals surface area contributed by atoms with Gasteiger partial charge in [-0.2, -0.15) is 13.2 Å². The topological polar surface area (TPSA) is 53.1 Å². The van der Waals surface area contributed by atoms with E-state index in [0.29, 0.717) is 24.0 Å². The van der Waals surface area contributed by atoms with Gasteiger partial charge < -0.3 is 15.5 Å². The van der Waals surface area contributed by atoms with Crippen molar-refractivity contribution >= 4 is 17.3 Å². The third-order valence-corrected chi connectivity index (χ3v) is 3.20. The predicted molar refractivity (Wildman–Crippen MR) is 88.5 cm³/mol. The largest absolute Gasteiger partial charge is 0.418 e. The molecule has 0 saturated carbocycles. The van der Waals surface area contributed by atoms with Crippen LogP contribution in [0.4, 0.5) is 30.5 Å². The highest BCUT2D eigenvalue weighted by atomic mass is 19.4. The van der Waals surface area contributed by atoms with Gasteiger partial charge in [0.05, 0.1) is 11.3 Å². The third kappa shape index (κ3) is 5.09. The fourth-order valence-electron chi connectivity index (χ4n) is 2.11. The van der Waals surface area contributed by atoms with Gasteiger partial charge in [0.15, 0.2) is 0 Å². The smallest absolute Gasteiger partial charge is 0.369 e. The normalized spacial score (nSPS) is 11.6. The Morgan fingerprint density at radius 1 is 1.08 bits per heavy atom. The summed E-state index contributed by atoms with van der Waals surface area (Å²) in [4.78, 5) is 10.4. The van der Waals surface area contributed by atoms with Crippen molar-refractivity contribution in [2.75, 3.05) is 37.8 Å². The summed E-state index contributed by atoms with van der Waals surface area (Å²) < 4.78 is 39.2. The molecule has 1 aromatic carbocycles. The highest BCUT2D eigenvalue weighted by Crippen LogP contribution is 2.35. The van der Waals surface area contributed by atoms with Crippen molar-refractivity contribution in [3.05, 3.63) is 41.7 Å². The first kappa shape index (κ1) is 18.0. The van der Waals surface area contributed by atoms with Gasteiger partial charge in [0.25, 0.3) is 0 Å². The molecular weight excluding hydrogens is 319 g/mol. The average Bonchev–Trinajstić information content (AvgIpc) is 2.45. The van der Waals surface area contributed by atoms with E-state index in [2.05, 4.69) is 20.6 Å². The molecule has 0 bridgehead atoms. The number of anilines is 3. The van der Waals surface area contributed by atoms with E-state index in [-0.39, 0.29) is 5.69 Å². The quantitative estimate of drug-likeness (QED) is 0.843. The molecule has 8 heteroatoms. The molecule has 0 radical (unpaired) electrons. The lowest BCUT2D eigenvalue weighted by molar-refractivity contribution is -0.136. The van der Waals surface area contributed by atoms with Crippen LogP contribution in [0.1, 0.15) is 11.4 Å². The standard InChI is InChI=1S/C16H20F3N5/c1-11-21-14(20-8-9-24(2)3)10-15(22-11)23-13-7-5-4-6-12(13)16(17,18)19/h4-7,10H,8-9H2,1-3H3,(H2,20,21,22,23). The van der Waals surface area contributed by atoms with E-state index in [1.54, 1.807) is 19.1 Å². The van der Waals surface area contributed by atoms with Gasteiger partial charge in [0.1, 0.15) is 17.5 Å². The maximum atomic E-state index is 13.1. The van der Waals surface area contributed by atoms with Crippen molar-refractivity contribution in [1.29, 1.82) is 0 Å². The summed E-state index contributed by atoms with van der Waals surface area (Å²) in [6.45, 7) is 3.17. The molecule has 0 aliphatic rings. The Balaban J connectivity index is 2.20. The van der Waals surface area contributed by atoms with Crippen LogP contribution < -0.4 is 10.6 Å². The lowest BCUT2D eigenvalue weighted by Crippen LogP contribution is -2.21. The second-order valence-corrected chi connectivity index (χ2v) is 5.58. The van der Waals surface area contributed by atoms with Crippen LogP contribution >= 0.6 is 0 Å². The van der Waals surface area contributed by atoms with E-state index in [4.69, 9.17) is 0 Å². The molecule has 0 amide bonds. The second kappa shape index (κ2) is 7.48. The number of likely N-dealkylation sites (N-methyl/N-ethyl adjacent to an activating group) is 1. The fraction of sp³-hybridized carbons (Fsp3) is 0.375. The number of aromatic nitrogens is 2. The van der Waals surface area contributed by atoms with Crippen LogP contribution in [0.5, 0.6) is 0 Å². The molecule has 0 fully saturated rings. The summed E-state index contributed by atoms with van der Waals surface area (Å²) in [5, 5.41) is 5.87. The van der Waals surface area contributed by atoms with Crippen LogP contribution in [0.15, 0.2) is 30.3 Å². The lowest BCUT2D eigenvalue weighted by Gasteiger charge is -2.15. The summed E-state index contributed by atoms with van der Waals surface area (Å²) in [6, 6.07) is 6.90. The van der Waals surface area contributed by atoms with Gasteiger partial charge in [-0.3, -0.25) is 0 Å². The van der Waals surface area contributed by atoms with Gasteiger partial charge in [-0.05, 0) is 33.2 Å². The van der Waals surface area contributed by atoms with Crippen LogP contribution in [0.3, 0.4) is 0 Å². The number of aryl methyl sites for hydroxylation is 1. The SMILES string of the molecule is Cc1nc(NCCN(C)C)cc(Nc2ccccc2C(F)(F)F)n1. The minimum Gasteiger partial charge on any atom is -0.369 e. The molecular formula is C16H20F3N5. The minimum absolute atomic E-state index is 0.0395. The zero-order valence-electron chi connectivity index (χ0n) is 13.8. The monoisotopic (exact) mass is 339 g/mol. The zero-order chi connectivity index (χ0) is 17.7. The molecule has 0 atom stereocenters. The van der Waals surface area contributed by atoms with Gasteiger partial charge in [0, 0.05) is 19.2 Å². The zero-order valence-corrected chi connectivity index (χ0v) is 13.8. The van der Waals surface area contributed by atoms with Crippen molar-refractivity contribution in [3.8, 4) is 0 Å². The van der Waals surface area contributed by atoms with E-state index in [9.17, 15) is 13.2 Å². The number of para-hydroxylation sites is 1. The number of hydrogen-bond acceptors (Lipinski definition) is 5. The molecule has 1 aromatic heterocycles. The van der Waals surface area contributed by atoms with E-state index >= 15 is 0 Å². The molecule has 2 rings (SSSR count). The molecule has 0 aliphatic carbocycles. The molecule has 130 valence electrons. The number of halogens is 3. The molecule has 0 spiro atoms. The molecule has 0 unspecified atom stereocenters. The molecule has 2 aromatic rings. The first-order valence-electron chi connectivity index (χ1n) is 7.43. The number of rotatable bonds is 6. The second-order valence-electron chi connectivity index (χ2n) is 5.58. The number of alkyl halides is 3. The first-order chi connectivity index (χ1) is 11.3. The molecule has 2 N–H and O–H groups in total. The predicted octanol–water partition coefficient (Wildman–Crippen LogP) is 3.52. The molecule has 0 aliphatic heterocycles. The number of nitrogens with one attached hydrogen (secondary N) is 2. The van der Waals surface area contributed by atoms with E-state index in [1.165, 1.54) is 12.1 Å². The van der Waals surface area contributed by atoms with E-state index in [0.717, 1.165) is 12.6 Å². The van der Waals surface area contributed by atoms with Crippen LogP contribution in [0, 0.1) is 6.92 Å². The lowest BCUT2D eigenvalue weighted by atomic mass is 10.1. The minimum atomic E-state index is -4.43. The summed E-state index contributed by atoms with van der Waals surface area (Å²) in [5.74, 6) is 1.35. The Labute approximate surface area is 138 Å². The first-order valence-corrected chi connectivity index (χ1v) is 7.43. The van der Waals surface area contributed by atoms with Crippen LogP contribution in [-0.4, -0.2) is 42.1 Å². The number of hydrogen-bond donors (Lipinski definition) is 2. The van der Waals surface area contributed by atoms with E-state index < -0.39 is 11.7 Å². The van der Waals surface area contributed by atoms with Crippen molar-refractivity contribution in [2.24, 2.45) is 0 Å². The maximum absolute atomic E-state index is 13.1. The Bertz CT molecular complexity index is 686. The van der Waals surface area contributed by atoms with Gasteiger partial charge in [-0.1, -0.05) is 12.1 Å².